The molecule has 0 bridgehead atoms. The number of aryl methyl sites for hydroxylation is 2. The second-order valence-corrected chi connectivity index (χ2v) is 4.68. The Morgan fingerprint density at radius 2 is 2.12 bits per heavy atom. The van der Waals surface area contributed by atoms with Crippen molar-refractivity contribution in [1.29, 1.82) is 0 Å². The van der Waals surface area contributed by atoms with E-state index in [0.717, 1.165) is 24.4 Å². The standard InChI is InChI=1S/C12H22N2O2/c1-5-12(4,8-15)7-13-6-11-14-9(2)10(3)16-11/h13,15H,5-8H2,1-4H3. The van der Waals surface area contributed by atoms with Crippen LogP contribution in [0.15, 0.2) is 4.42 Å². The SMILES string of the molecule is CCC(C)(CO)CNCc1nc(C)c(C)o1. The van der Waals surface area contributed by atoms with Crippen LogP contribution < -0.4 is 5.32 Å². The molecule has 0 saturated heterocycles. The van der Waals surface area contributed by atoms with Crippen molar-refractivity contribution in [3.05, 3.63) is 17.3 Å². The molecule has 4 nitrogen and oxygen atoms in total. The fourth-order valence-electron chi connectivity index (χ4n) is 1.38. The van der Waals surface area contributed by atoms with Crippen molar-refractivity contribution in [3.8, 4) is 0 Å². The van der Waals surface area contributed by atoms with E-state index in [4.69, 9.17) is 4.42 Å². The van der Waals surface area contributed by atoms with Crippen molar-refractivity contribution in [3.63, 3.8) is 0 Å². The molecule has 92 valence electrons. The van der Waals surface area contributed by atoms with E-state index >= 15 is 0 Å². The van der Waals surface area contributed by atoms with E-state index in [2.05, 4.69) is 24.1 Å². The molecule has 0 spiro atoms. The number of aromatic nitrogens is 1. The Labute approximate surface area is 97.1 Å². The van der Waals surface area contributed by atoms with Gasteiger partial charge in [-0.15, -0.1) is 0 Å². The number of oxazole rings is 1. The minimum atomic E-state index is -0.0588. The van der Waals surface area contributed by atoms with Gasteiger partial charge in [-0.1, -0.05) is 13.8 Å². The highest BCUT2D eigenvalue weighted by Gasteiger charge is 2.20. The maximum atomic E-state index is 9.25. The summed E-state index contributed by atoms with van der Waals surface area (Å²) in [4.78, 5) is 4.29. The van der Waals surface area contributed by atoms with Crippen LogP contribution in [0, 0.1) is 19.3 Å². The van der Waals surface area contributed by atoms with E-state index in [1.54, 1.807) is 0 Å². The van der Waals surface area contributed by atoms with Crippen LogP contribution in [0.25, 0.3) is 0 Å². The van der Waals surface area contributed by atoms with Gasteiger partial charge in [0.1, 0.15) is 5.76 Å². The van der Waals surface area contributed by atoms with Gasteiger partial charge in [0.2, 0.25) is 5.89 Å². The van der Waals surface area contributed by atoms with Gasteiger partial charge in [-0.25, -0.2) is 4.98 Å². The zero-order chi connectivity index (χ0) is 12.2. The van der Waals surface area contributed by atoms with Crippen molar-refractivity contribution < 1.29 is 9.52 Å². The molecule has 1 rings (SSSR count). The number of hydrogen-bond acceptors (Lipinski definition) is 4. The lowest BCUT2D eigenvalue weighted by Crippen LogP contribution is -2.34. The first-order chi connectivity index (χ1) is 7.50. The van der Waals surface area contributed by atoms with Crippen LogP contribution in [-0.2, 0) is 6.54 Å². The van der Waals surface area contributed by atoms with Crippen molar-refractivity contribution in [1.82, 2.24) is 10.3 Å². The first kappa shape index (κ1) is 13.2. The third kappa shape index (κ3) is 3.32. The number of rotatable bonds is 6. The number of nitrogens with one attached hydrogen (secondary N) is 1. The van der Waals surface area contributed by atoms with E-state index in [1.165, 1.54) is 0 Å². The highest BCUT2D eigenvalue weighted by atomic mass is 16.4. The molecule has 0 radical (unpaired) electrons. The smallest absolute Gasteiger partial charge is 0.208 e. The Hall–Kier alpha value is -0.870. The highest BCUT2D eigenvalue weighted by Crippen LogP contribution is 2.18. The average molecular weight is 226 g/mol. The molecule has 0 aliphatic heterocycles. The Balaban J connectivity index is 2.41. The molecule has 0 aromatic carbocycles. The molecule has 1 unspecified atom stereocenters. The summed E-state index contributed by atoms with van der Waals surface area (Å²) in [7, 11) is 0. The van der Waals surface area contributed by atoms with Gasteiger partial charge in [-0.3, -0.25) is 0 Å². The molecular formula is C12H22N2O2. The molecule has 0 amide bonds. The van der Waals surface area contributed by atoms with Gasteiger partial charge in [0.15, 0.2) is 0 Å². The predicted octanol–water partition coefficient (Wildman–Crippen LogP) is 1.79. The first-order valence-electron chi connectivity index (χ1n) is 5.75. The summed E-state index contributed by atoms with van der Waals surface area (Å²) in [6.45, 7) is 9.57. The summed E-state index contributed by atoms with van der Waals surface area (Å²) >= 11 is 0. The van der Waals surface area contributed by atoms with Crippen molar-refractivity contribution in [2.24, 2.45) is 5.41 Å². The van der Waals surface area contributed by atoms with E-state index < -0.39 is 0 Å². The van der Waals surface area contributed by atoms with E-state index in [1.807, 2.05) is 13.8 Å². The fourth-order valence-corrected chi connectivity index (χ4v) is 1.38. The third-order valence-corrected chi connectivity index (χ3v) is 3.14. The van der Waals surface area contributed by atoms with Gasteiger partial charge in [0.25, 0.3) is 0 Å². The molecule has 1 heterocycles. The molecule has 1 aromatic rings. The topological polar surface area (TPSA) is 58.3 Å². The van der Waals surface area contributed by atoms with Crippen molar-refractivity contribution in [2.45, 2.75) is 40.7 Å². The summed E-state index contributed by atoms with van der Waals surface area (Å²) in [5, 5.41) is 12.5. The van der Waals surface area contributed by atoms with Gasteiger partial charge in [-0.05, 0) is 20.3 Å². The summed E-state index contributed by atoms with van der Waals surface area (Å²) in [5.41, 5.74) is 0.883. The molecular weight excluding hydrogens is 204 g/mol. The summed E-state index contributed by atoms with van der Waals surface area (Å²) in [6, 6.07) is 0. The predicted molar refractivity (Wildman–Crippen MR) is 63.2 cm³/mol. The fraction of sp³-hybridized carbons (Fsp3) is 0.750. The van der Waals surface area contributed by atoms with Crippen LogP contribution >= 0.6 is 0 Å². The van der Waals surface area contributed by atoms with Crippen molar-refractivity contribution >= 4 is 0 Å². The van der Waals surface area contributed by atoms with E-state index in [9.17, 15) is 5.11 Å². The zero-order valence-electron chi connectivity index (χ0n) is 10.6. The molecule has 2 N–H and O–H groups in total. The second kappa shape index (κ2) is 5.46. The Morgan fingerprint density at radius 3 is 2.56 bits per heavy atom. The Bertz CT molecular complexity index is 310. The molecule has 1 atom stereocenters. The Kier molecular flexibility index (Phi) is 4.50. The van der Waals surface area contributed by atoms with Gasteiger partial charge in [0, 0.05) is 18.6 Å². The molecule has 0 fully saturated rings. The molecule has 0 saturated carbocycles. The zero-order valence-corrected chi connectivity index (χ0v) is 10.6. The minimum absolute atomic E-state index is 0.0588. The monoisotopic (exact) mass is 226 g/mol. The van der Waals surface area contributed by atoms with Gasteiger partial charge < -0.3 is 14.8 Å². The van der Waals surface area contributed by atoms with E-state index in [-0.39, 0.29) is 12.0 Å². The maximum absolute atomic E-state index is 9.25. The summed E-state index contributed by atoms with van der Waals surface area (Å²) < 4.78 is 5.46. The quantitative estimate of drug-likeness (QED) is 0.776. The average Bonchev–Trinajstić information content (AvgIpc) is 2.58. The number of hydrogen-bond donors (Lipinski definition) is 2. The normalized spacial score (nSPS) is 15.1. The second-order valence-electron chi connectivity index (χ2n) is 4.68. The summed E-state index contributed by atoms with van der Waals surface area (Å²) in [6.07, 6.45) is 0.945. The van der Waals surface area contributed by atoms with E-state index in [0.29, 0.717) is 12.4 Å². The van der Waals surface area contributed by atoms with Gasteiger partial charge in [-0.2, -0.15) is 0 Å². The lowest BCUT2D eigenvalue weighted by Gasteiger charge is -2.25. The number of aliphatic hydroxyl groups is 1. The van der Waals surface area contributed by atoms with Crippen LogP contribution in [0.1, 0.15) is 37.6 Å². The van der Waals surface area contributed by atoms with Crippen LogP contribution in [0.3, 0.4) is 0 Å². The van der Waals surface area contributed by atoms with Crippen LogP contribution in [0.2, 0.25) is 0 Å². The van der Waals surface area contributed by atoms with Crippen LogP contribution in [0.5, 0.6) is 0 Å². The lowest BCUT2D eigenvalue weighted by atomic mass is 9.89. The maximum Gasteiger partial charge on any atom is 0.208 e. The molecule has 0 aliphatic rings. The highest BCUT2D eigenvalue weighted by molar-refractivity contribution is 5.05. The third-order valence-electron chi connectivity index (χ3n) is 3.14. The first-order valence-corrected chi connectivity index (χ1v) is 5.75. The number of nitrogens with zero attached hydrogens (tertiary/aromatic N) is 1. The molecule has 4 heteroatoms. The molecule has 1 aromatic heterocycles. The Morgan fingerprint density at radius 1 is 1.44 bits per heavy atom. The minimum Gasteiger partial charge on any atom is -0.444 e. The van der Waals surface area contributed by atoms with Gasteiger partial charge >= 0.3 is 0 Å². The van der Waals surface area contributed by atoms with Crippen LogP contribution in [0.4, 0.5) is 0 Å². The lowest BCUT2D eigenvalue weighted by molar-refractivity contribution is 0.134. The molecule has 16 heavy (non-hydrogen) atoms. The van der Waals surface area contributed by atoms with Crippen molar-refractivity contribution in [2.75, 3.05) is 13.2 Å². The summed E-state index contributed by atoms with van der Waals surface area (Å²) in [5.74, 6) is 1.59. The van der Waals surface area contributed by atoms with Crippen LogP contribution in [-0.4, -0.2) is 23.2 Å². The molecule has 0 aliphatic carbocycles. The number of aliphatic hydroxyl groups excluding tert-OH is 1. The van der Waals surface area contributed by atoms with Gasteiger partial charge in [0.05, 0.1) is 12.2 Å². The largest absolute Gasteiger partial charge is 0.444 e.